The fourth-order valence-electron chi connectivity index (χ4n) is 3.43. The quantitative estimate of drug-likeness (QED) is 0.888. The molecule has 20 heavy (non-hydrogen) atoms. The van der Waals surface area contributed by atoms with E-state index in [-0.39, 0.29) is 6.42 Å². The number of carboxylic acids is 1. The molecule has 0 saturated heterocycles. The summed E-state index contributed by atoms with van der Waals surface area (Å²) < 4.78 is 0. The summed E-state index contributed by atoms with van der Waals surface area (Å²) in [4.78, 5) is 13.2. The molecule has 1 saturated carbocycles. The van der Waals surface area contributed by atoms with Gasteiger partial charge in [-0.3, -0.25) is 4.79 Å². The highest BCUT2D eigenvalue weighted by atomic mass is 16.4. The lowest BCUT2D eigenvalue weighted by molar-refractivity contribution is -0.136. The normalized spacial score (nSPS) is 26.2. The van der Waals surface area contributed by atoms with Crippen molar-refractivity contribution in [2.45, 2.75) is 45.6 Å². The van der Waals surface area contributed by atoms with Gasteiger partial charge in [0.25, 0.3) is 0 Å². The molecule has 0 spiro atoms. The summed E-state index contributed by atoms with van der Waals surface area (Å²) in [5.41, 5.74) is 1.15. The summed E-state index contributed by atoms with van der Waals surface area (Å²) in [6.07, 6.45) is 3.84. The maximum Gasteiger partial charge on any atom is 0.305 e. The Morgan fingerprint density at radius 1 is 1.25 bits per heavy atom. The third kappa shape index (κ3) is 3.75. The van der Waals surface area contributed by atoms with Crippen LogP contribution in [0.1, 0.15) is 39.5 Å². The Labute approximate surface area is 121 Å². The van der Waals surface area contributed by atoms with Crippen molar-refractivity contribution in [1.29, 1.82) is 0 Å². The lowest BCUT2D eigenvalue weighted by Gasteiger charge is -2.42. The zero-order valence-corrected chi connectivity index (χ0v) is 12.5. The van der Waals surface area contributed by atoms with E-state index in [1.54, 1.807) is 0 Å². The summed E-state index contributed by atoms with van der Waals surface area (Å²) in [6.45, 7) is 5.22. The molecule has 110 valence electrons. The SMILES string of the molecule is CC1CCC(N(CCC(=O)O)c2ccccc2)C(C)C1. The molecule has 0 radical (unpaired) electrons. The molecule has 3 unspecified atom stereocenters. The zero-order valence-electron chi connectivity index (χ0n) is 12.5. The van der Waals surface area contributed by atoms with E-state index in [0.717, 1.165) is 18.0 Å². The molecule has 0 amide bonds. The Morgan fingerprint density at radius 3 is 2.55 bits per heavy atom. The summed E-state index contributed by atoms with van der Waals surface area (Å²) in [6, 6.07) is 10.7. The van der Waals surface area contributed by atoms with Gasteiger partial charge in [-0.25, -0.2) is 0 Å². The van der Waals surface area contributed by atoms with E-state index in [4.69, 9.17) is 5.11 Å². The number of carbonyl (C=O) groups is 1. The van der Waals surface area contributed by atoms with E-state index in [1.807, 2.05) is 18.2 Å². The van der Waals surface area contributed by atoms with Gasteiger partial charge >= 0.3 is 5.97 Å². The van der Waals surface area contributed by atoms with Gasteiger partial charge in [0.15, 0.2) is 0 Å². The number of carboxylic acid groups (broad SMARTS) is 1. The van der Waals surface area contributed by atoms with E-state index in [2.05, 4.69) is 30.9 Å². The lowest BCUT2D eigenvalue weighted by Crippen LogP contribution is -2.44. The minimum Gasteiger partial charge on any atom is -0.481 e. The van der Waals surface area contributed by atoms with Crippen molar-refractivity contribution in [1.82, 2.24) is 0 Å². The van der Waals surface area contributed by atoms with Crippen LogP contribution in [0.2, 0.25) is 0 Å². The Kier molecular flexibility index (Phi) is 5.05. The monoisotopic (exact) mass is 275 g/mol. The smallest absolute Gasteiger partial charge is 0.305 e. The summed E-state index contributed by atoms with van der Waals surface area (Å²) >= 11 is 0. The minimum atomic E-state index is -0.720. The standard InChI is InChI=1S/C17H25NO2/c1-13-8-9-16(14(2)12-13)18(11-10-17(19)20)15-6-4-3-5-7-15/h3-7,13-14,16H,8-12H2,1-2H3,(H,19,20). The molecular weight excluding hydrogens is 250 g/mol. The average molecular weight is 275 g/mol. The van der Waals surface area contributed by atoms with Gasteiger partial charge in [-0.05, 0) is 43.2 Å². The fourth-order valence-corrected chi connectivity index (χ4v) is 3.43. The first-order chi connectivity index (χ1) is 9.58. The van der Waals surface area contributed by atoms with Crippen molar-refractivity contribution < 1.29 is 9.90 Å². The molecule has 1 aliphatic carbocycles. The Bertz CT molecular complexity index is 432. The maximum absolute atomic E-state index is 10.9. The number of rotatable bonds is 5. The van der Waals surface area contributed by atoms with Crippen molar-refractivity contribution in [3.63, 3.8) is 0 Å². The summed E-state index contributed by atoms with van der Waals surface area (Å²) in [7, 11) is 0. The second kappa shape index (κ2) is 6.78. The van der Waals surface area contributed by atoms with Gasteiger partial charge < -0.3 is 10.0 Å². The molecule has 3 heteroatoms. The molecule has 3 nitrogen and oxygen atoms in total. The molecule has 0 bridgehead atoms. The largest absolute Gasteiger partial charge is 0.481 e. The van der Waals surface area contributed by atoms with Crippen LogP contribution in [0, 0.1) is 11.8 Å². The molecule has 1 N–H and O–H groups in total. The van der Waals surface area contributed by atoms with E-state index < -0.39 is 5.97 Å². The third-order valence-electron chi connectivity index (χ3n) is 4.44. The van der Waals surface area contributed by atoms with E-state index >= 15 is 0 Å². The molecule has 2 rings (SSSR count). The summed E-state index contributed by atoms with van der Waals surface area (Å²) in [5, 5.41) is 8.99. The van der Waals surface area contributed by atoms with Crippen LogP contribution in [0.25, 0.3) is 0 Å². The Balaban J connectivity index is 2.15. The van der Waals surface area contributed by atoms with E-state index in [0.29, 0.717) is 18.5 Å². The lowest BCUT2D eigenvalue weighted by atomic mass is 9.79. The molecule has 1 aromatic carbocycles. The molecule has 1 fully saturated rings. The number of para-hydroxylation sites is 1. The van der Waals surface area contributed by atoms with Gasteiger partial charge in [0, 0.05) is 18.3 Å². The predicted molar refractivity (Wildman–Crippen MR) is 82.0 cm³/mol. The van der Waals surface area contributed by atoms with Crippen molar-refractivity contribution in [2.75, 3.05) is 11.4 Å². The minimum absolute atomic E-state index is 0.202. The average Bonchev–Trinajstić information content (AvgIpc) is 2.42. The van der Waals surface area contributed by atoms with Gasteiger partial charge in [-0.15, -0.1) is 0 Å². The highest BCUT2D eigenvalue weighted by molar-refractivity contribution is 5.67. The first kappa shape index (κ1) is 14.9. The molecule has 3 atom stereocenters. The summed E-state index contributed by atoms with van der Waals surface area (Å²) in [5.74, 6) is 0.689. The number of hydrogen-bond donors (Lipinski definition) is 1. The van der Waals surface area contributed by atoms with Gasteiger partial charge in [-0.2, -0.15) is 0 Å². The zero-order chi connectivity index (χ0) is 14.5. The maximum atomic E-state index is 10.9. The van der Waals surface area contributed by atoms with Crippen LogP contribution >= 0.6 is 0 Å². The number of aliphatic carboxylic acids is 1. The Morgan fingerprint density at radius 2 is 1.95 bits per heavy atom. The van der Waals surface area contributed by atoms with Crippen LogP contribution in [-0.4, -0.2) is 23.7 Å². The number of hydrogen-bond acceptors (Lipinski definition) is 2. The molecule has 0 aliphatic heterocycles. The first-order valence-electron chi connectivity index (χ1n) is 7.61. The van der Waals surface area contributed by atoms with Crippen molar-refractivity contribution >= 4 is 11.7 Å². The fraction of sp³-hybridized carbons (Fsp3) is 0.588. The van der Waals surface area contributed by atoms with E-state index in [1.165, 1.54) is 12.8 Å². The highest BCUT2D eigenvalue weighted by Gasteiger charge is 2.30. The Hall–Kier alpha value is -1.51. The molecular formula is C17H25NO2. The van der Waals surface area contributed by atoms with Gasteiger partial charge in [0.2, 0.25) is 0 Å². The van der Waals surface area contributed by atoms with Gasteiger partial charge in [0.1, 0.15) is 0 Å². The second-order valence-electron chi connectivity index (χ2n) is 6.14. The van der Waals surface area contributed by atoms with Crippen molar-refractivity contribution in [3.8, 4) is 0 Å². The number of benzene rings is 1. The first-order valence-corrected chi connectivity index (χ1v) is 7.61. The number of nitrogens with zero attached hydrogens (tertiary/aromatic N) is 1. The van der Waals surface area contributed by atoms with Crippen LogP contribution in [0.5, 0.6) is 0 Å². The molecule has 0 aromatic heterocycles. The van der Waals surface area contributed by atoms with Gasteiger partial charge in [0.05, 0.1) is 6.42 Å². The highest BCUT2D eigenvalue weighted by Crippen LogP contribution is 2.34. The molecule has 1 aromatic rings. The number of anilines is 1. The topological polar surface area (TPSA) is 40.5 Å². The van der Waals surface area contributed by atoms with Crippen molar-refractivity contribution in [2.24, 2.45) is 11.8 Å². The molecule has 0 heterocycles. The van der Waals surface area contributed by atoms with Crippen LogP contribution in [0.15, 0.2) is 30.3 Å². The predicted octanol–water partition coefficient (Wildman–Crippen LogP) is 3.79. The van der Waals surface area contributed by atoms with Crippen LogP contribution < -0.4 is 4.90 Å². The van der Waals surface area contributed by atoms with Crippen LogP contribution in [0.3, 0.4) is 0 Å². The van der Waals surface area contributed by atoms with E-state index in [9.17, 15) is 4.79 Å². The van der Waals surface area contributed by atoms with Crippen LogP contribution in [0.4, 0.5) is 5.69 Å². The molecule has 1 aliphatic rings. The van der Waals surface area contributed by atoms with Crippen LogP contribution in [-0.2, 0) is 4.79 Å². The second-order valence-corrected chi connectivity index (χ2v) is 6.14. The van der Waals surface area contributed by atoms with Crippen molar-refractivity contribution in [3.05, 3.63) is 30.3 Å². The van der Waals surface area contributed by atoms with Gasteiger partial charge in [-0.1, -0.05) is 32.0 Å². The third-order valence-corrected chi connectivity index (χ3v) is 4.44.